The van der Waals surface area contributed by atoms with Gasteiger partial charge in [0.15, 0.2) is 0 Å². The second kappa shape index (κ2) is 9.10. The third-order valence-electron chi connectivity index (χ3n) is 10.1. The van der Waals surface area contributed by atoms with Crippen LogP contribution in [0.5, 0.6) is 0 Å². The number of aliphatic carboxylic acids is 1. The minimum Gasteiger partial charge on any atom is -0.481 e. The van der Waals surface area contributed by atoms with Crippen LogP contribution >= 0.6 is 0 Å². The minimum absolute atomic E-state index is 0.144. The molecule has 4 nitrogen and oxygen atoms in total. The van der Waals surface area contributed by atoms with E-state index >= 15 is 0 Å². The van der Waals surface area contributed by atoms with Gasteiger partial charge in [-0.05, 0) is 105 Å². The highest BCUT2D eigenvalue weighted by atomic mass is 16.4. The zero-order valence-corrected chi connectivity index (χ0v) is 19.9. The SMILES string of the molecule is CC[C@@H](O)C1C(C2(C)CCC(O)CC2)CC[C@@]2(C)C1CCC2[C@H](C)C[C@@H](C)C(=O)O. The molecule has 0 aromatic carbocycles. The first-order valence-corrected chi connectivity index (χ1v) is 12.6. The number of carboxylic acids is 1. The Labute approximate surface area is 183 Å². The van der Waals surface area contributed by atoms with Crippen LogP contribution in [0, 0.1) is 46.3 Å². The van der Waals surface area contributed by atoms with Crippen molar-refractivity contribution >= 4 is 5.97 Å². The number of aliphatic hydroxyl groups excluding tert-OH is 2. The number of carbonyl (C=O) groups is 1. The molecule has 4 unspecified atom stereocenters. The van der Waals surface area contributed by atoms with Crippen molar-refractivity contribution in [3.05, 3.63) is 0 Å². The third-order valence-corrected chi connectivity index (χ3v) is 10.1. The van der Waals surface area contributed by atoms with Crippen molar-refractivity contribution in [3.63, 3.8) is 0 Å². The fourth-order valence-corrected chi connectivity index (χ4v) is 8.25. The first-order valence-electron chi connectivity index (χ1n) is 12.6. The quantitative estimate of drug-likeness (QED) is 0.506. The second-order valence-electron chi connectivity index (χ2n) is 11.8. The summed E-state index contributed by atoms with van der Waals surface area (Å²) < 4.78 is 0. The Balaban J connectivity index is 1.83. The Morgan fingerprint density at radius 3 is 2.20 bits per heavy atom. The molecule has 30 heavy (non-hydrogen) atoms. The highest BCUT2D eigenvalue weighted by Gasteiger charge is 2.59. The van der Waals surface area contributed by atoms with Crippen molar-refractivity contribution in [3.8, 4) is 0 Å². The van der Waals surface area contributed by atoms with Gasteiger partial charge in [0.2, 0.25) is 0 Å². The molecule has 0 bridgehead atoms. The lowest BCUT2D eigenvalue weighted by Gasteiger charge is -2.56. The van der Waals surface area contributed by atoms with E-state index in [9.17, 15) is 20.1 Å². The molecule has 0 aromatic heterocycles. The molecule has 8 atom stereocenters. The number of hydrogen-bond acceptors (Lipinski definition) is 3. The Morgan fingerprint density at radius 1 is 1.00 bits per heavy atom. The summed E-state index contributed by atoms with van der Waals surface area (Å²) in [5.41, 5.74) is 0.433. The molecule has 4 heteroatoms. The van der Waals surface area contributed by atoms with E-state index in [0.717, 1.165) is 38.5 Å². The van der Waals surface area contributed by atoms with Gasteiger partial charge in [-0.1, -0.05) is 34.6 Å². The average molecular weight is 423 g/mol. The molecule has 3 rings (SSSR count). The molecule has 0 saturated heterocycles. The molecule has 0 radical (unpaired) electrons. The summed E-state index contributed by atoms with van der Waals surface area (Å²) in [6.45, 7) is 11.1. The molecule has 0 heterocycles. The lowest BCUT2D eigenvalue weighted by molar-refractivity contribution is -0.142. The van der Waals surface area contributed by atoms with Crippen LogP contribution in [-0.4, -0.2) is 33.5 Å². The Bertz CT molecular complexity index is 596. The lowest BCUT2D eigenvalue weighted by atomic mass is 9.49. The van der Waals surface area contributed by atoms with Gasteiger partial charge in [0.05, 0.1) is 18.1 Å². The molecule has 0 aliphatic heterocycles. The van der Waals surface area contributed by atoms with Gasteiger partial charge >= 0.3 is 5.97 Å². The molecule has 3 N–H and O–H groups in total. The maximum absolute atomic E-state index is 11.4. The van der Waals surface area contributed by atoms with Gasteiger partial charge in [0, 0.05) is 0 Å². The van der Waals surface area contributed by atoms with Crippen LogP contribution in [0.2, 0.25) is 0 Å². The minimum atomic E-state index is -0.683. The van der Waals surface area contributed by atoms with Gasteiger partial charge < -0.3 is 15.3 Å². The monoisotopic (exact) mass is 422 g/mol. The molecular formula is C26H46O4. The highest BCUT2D eigenvalue weighted by molar-refractivity contribution is 5.69. The standard InChI is InChI=1S/C26H46O4/c1-6-22(28)23-20(25(4)12-9-18(27)10-13-25)11-14-26(5)19(7-8-21(23)26)16(2)15-17(3)24(29)30/h16-23,27-28H,6-15H2,1-5H3,(H,29,30)/t16-,17-,18?,19?,20?,21?,22-,23?,25?,26-/m1/s1. The number of fused-ring (bicyclic) bond motifs is 1. The van der Waals surface area contributed by atoms with Crippen LogP contribution < -0.4 is 0 Å². The van der Waals surface area contributed by atoms with Crippen molar-refractivity contribution in [2.75, 3.05) is 0 Å². The van der Waals surface area contributed by atoms with Crippen LogP contribution in [0.15, 0.2) is 0 Å². The molecule has 3 fully saturated rings. The van der Waals surface area contributed by atoms with Crippen molar-refractivity contribution in [1.29, 1.82) is 0 Å². The molecule has 174 valence electrons. The van der Waals surface area contributed by atoms with Gasteiger partial charge in [0.25, 0.3) is 0 Å². The molecule has 0 amide bonds. The topological polar surface area (TPSA) is 77.8 Å². The van der Waals surface area contributed by atoms with Crippen LogP contribution in [0.3, 0.4) is 0 Å². The van der Waals surface area contributed by atoms with Crippen molar-refractivity contribution < 1.29 is 20.1 Å². The summed E-state index contributed by atoms with van der Waals surface area (Å²) in [5.74, 6) is 1.39. The molecular weight excluding hydrogens is 376 g/mol. The van der Waals surface area contributed by atoms with Crippen molar-refractivity contribution in [2.24, 2.45) is 46.3 Å². The normalized spacial score (nSPS) is 44.8. The third kappa shape index (κ3) is 4.33. The van der Waals surface area contributed by atoms with Crippen LogP contribution in [0.4, 0.5) is 0 Å². The Hall–Kier alpha value is -0.610. The summed E-state index contributed by atoms with van der Waals surface area (Å²) >= 11 is 0. The van der Waals surface area contributed by atoms with Gasteiger partial charge in [-0.2, -0.15) is 0 Å². The number of aliphatic hydroxyl groups is 2. The van der Waals surface area contributed by atoms with Gasteiger partial charge in [-0.3, -0.25) is 4.79 Å². The smallest absolute Gasteiger partial charge is 0.306 e. The van der Waals surface area contributed by atoms with E-state index in [2.05, 4.69) is 27.7 Å². The number of rotatable bonds is 7. The predicted molar refractivity (Wildman–Crippen MR) is 120 cm³/mol. The van der Waals surface area contributed by atoms with Gasteiger partial charge in [-0.15, -0.1) is 0 Å². The molecule has 3 aliphatic rings. The fraction of sp³-hybridized carbons (Fsp3) is 0.962. The highest BCUT2D eigenvalue weighted by Crippen LogP contribution is 2.65. The zero-order chi connectivity index (χ0) is 22.3. The number of hydrogen-bond donors (Lipinski definition) is 3. The Morgan fingerprint density at radius 2 is 1.63 bits per heavy atom. The first kappa shape index (κ1) is 24.0. The summed E-state index contributed by atoms with van der Waals surface area (Å²) in [4.78, 5) is 11.4. The summed E-state index contributed by atoms with van der Waals surface area (Å²) in [6, 6.07) is 0. The average Bonchev–Trinajstić information content (AvgIpc) is 3.06. The van der Waals surface area contributed by atoms with E-state index in [0.29, 0.717) is 29.6 Å². The summed E-state index contributed by atoms with van der Waals surface area (Å²) in [7, 11) is 0. The van der Waals surface area contributed by atoms with E-state index in [1.165, 1.54) is 25.7 Å². The van der Waals surface area contributed by atoms with Crippen molar-refractivity contribution in [1.82, 2.24) is 0 Å². The molecule has 3 aliphatic carbocycles. The van der Waals surface area contributed by atoms with E-state index in [1.54, 1.807) is 0 Å². The molecule has 0 spiro atoms. The van der Waals surface area contributed by atoms with E-state index in [4.69, 9.17) is 0 Å². The molecule has 0 aromatic rings. The largest absolute Gasteiger partial charge is 0.481 e. The fourth-order valence-electron chi connectivity index (χ4n) is 8.25. The summed E-state index contributed by atoms with van der Waals surface area (Å²) in [5, 5.41) is 30.7. The Kier molecular flexibility index (Phi) is 7.29. The lowest BCUT2D eigenvalue weighted by Crippen LogP contribution is -2.52. The first-order chi connectivity index (χ1) is 14.0. The van der Waals surface area contributed by atoms with Crippen LogP contribution in [0.1, 0.15) is 98.8 Å². The number of carboxylic acid groups (broad SMARTS) is 1. The van der Waals surface area contributed by atoms with Gasteiger partial charge in [0.1, 0.15) is 0 Å². The predicted octanol–water partition coefficient (Wildman–Crippen LogP) is 5.50. The maximum atomic E-state index is 11.4. The zero-order valence-electron chi connectivity index (χ0n) is 19.9. The van der Waals surface area contributed by atoms with E-state index in [1.807, 2.05) is 6.92 Å². The van der Waals surface area contributed by atoms with E-state index < -0.39 is 5.97 Å². The summed E-state index contributed by atoms with van der Waals surface area (Å²) in [6.07, 6.45) is 9.82. The molecule has 3 saturated carbocycles. The van der Waals surface area contributed by atoms with Crippen LogP contribution in [0.25, 0.3) is 0 Å². The van der Waals surface area contributed by atoms with E-state index in [-0.39, 0.29) is 29.0 Å². The van der Waals surface area contributed by atoms with Crippen LogP contribution in [-0.2, 0) is 4.79 Å². The second-order valence-corrected chi connectivity index (χ2v) is 11.8. The van der Waals surface area contributed by atoms with Gasteiger partial charge in [-0.25, -0.2) is 0 Å². The maximum Gasteiger partial charge on any atom is 0.306 e. The van der Waals surface area contributed by atoms with Crippen molar-refractivity contribution in [2.45, 2.75) is 111 Å².